The quantitative estimate of drug-likeness (QED) is 0.0172. The summed E-state index contributed by atoms with van der Waals surface area (Å²) in [6.07, 6.45) is 2.97. The van der Waals surface area contributed by atoms with Gasteiger partial charge in [0.1, 0.15) is 66.5 Å². The average molecular weight is 1480 g/mol. The first-order chi connectivity index (χ1) is 51.0. The van der Waals surface area contributed by atoms with Gasteiger partial charge in [0.15, 0.2) is 0 Å². The fraction of sp³-hybridized carbons (Fsp3) is 0.419. The van der Waals surface area contributed by atoms with Crippen molar-refractivity contribution in [3.63, 3.8) is 0 Å². The number of nitrogens with two attached hydrogens (primary N) is 3. The maximum absolute atomic E-state index is 14.9. The number of aromatic amines is 3. The van der Waals surface area contributed by atoms with Gasteiger partial charge < -0.3 is 101 Å². The van der Waals surface area contributed by atoms with Crippen LogP contribution in [0.5, 0.6) is 0 Å². The van der Waals surface area contributed by atoms with E-state index < -0.39 is 163 Å². The van der Waals surface area contributed by atoms with Gasteiger partial charge >= 0.3 is 5.97 Å². The van der Waals surface area contributed by atoms with E-state index in [0.717, 1.165) is 0 Å². The van der Waals surface area contributed by atoms with Crippen LogP contribution < -0.4 is 75.8 Å². The van der Waals surface area contributed by atoms with Crippen molar-refractivity contribution in [1.29, 1.82) is 0 Å². The molecule has 0 aliphatic rings. The molecule has 0 bridgehead atoms. The number of aliphatic carboxylic acids is 1. The second kappa shape index (κ2) is 40.1. The molecule has 0 radical (unpaired) electrons. The maximum atomic E-state index is 14.9. The number of benzene rings is 4. The van der Waals surface area contributed by atoms with Gasteiger partial charge in [-0.1, -0.05) is 113 Å². The van der Waals surface area contributed by atoms with Crippen molar-refractivity contribution in [3.8, 4) is 0 Å². The number of hydroxylamine groups is 1. The fourth-order valence-corrected chi connectivity index (χ4v) is 12.3. The van der Waals surface area contributed by atoms with Crippen LogP contribution in [0.3, 0.4) is 0 Å². The molecule has 0 unspecified atom stereocenters. The van der Waals surface area contributed by atoms with Crippen LogP contribution in [-0.2, 0) is 88.0 Å². The number of unbranched alkanes of at least 4 members (excludes halogenated alkanes) is 1. The molecule has 0 saturated heterocycles. The van der Waals surface area contributed by atoms with Gasteiger partial charge in [0, 0.05) is 77.0 Å². The largest absolute Gasteiger partial charge is 0.481 e. The molecule has 3 heterocycles. The van der Waals surface area contributed by atoms with Crippen molar-refractivity contribution >= 4 is 110 Å². The van der Waals surface area contributed by atoms with Gasteiger partial charge in [-0.25, -0.2) is 0 Å². The van der Waals surface area contributed by atoms with E-state index in [1.54, 1.807) is 149 Å². The molecule has 4 aromatic carbocycles. The summed E-state index contributed by atoms with van der Waals surface area (Å²) in [4.78, 5) is 190. The molecule has 12 amide bonds. The molecule has 11 atom stereocenters. The summed E-state index contributed by atoms with van der Waals surface area (Å²) in [5.74, 6) is -13.7. The molecular weight excluding hydrogens is 1380 g/mol. The minimum atomic E-state index is -1.80. The zero-order valence-electron chi connectivity index (χ0n) is 60.1. The lowest BCUT2D eigenvalue weighted by atomic mass is 10.00. The van der Waals surface area contributed by atoms with Crippen LogP contribution in [-0.4, -0.2) is 187 Å². The van der Waals surface area contributed by atoms with Gasteiger partial charge in [0.25, 0.3) is 0 Å². The van der Waals surface area contributed by atoms with Crippen LogP contribution >= 0.6 is 0 Å². The van der Waals surface area contributed by atoms with E-state index >= 15 is 0 Å². The van der Waals surface area contributed by atoms with Crippen molar-refractivity contribution < 1.29 is 77.7 Å². The molecule has 3 aromatic heterocycles. The Kier molecular flexibility index (Phi) is 31.0. The Morgan fingerprint density at radius 2 is 0.748 bits per heavy atom. The van der Waals surface area contributed by atoms with Gasteiger partial charge in [-0.2, -0.15) is 5.48 Å². The molecule has 0 saturated carbocycles. The summed E-state index contributed by atoms with van der Waals surface area (Å²) in [5.41, 5.74) is 23.4. The van der Waals surface area contributed by atoms with Crippen LogP contribution in [0.15, 0.2) is 122 Å². The Balaban J connectivity index is 1.09. The first kappa shape index (κ1) is 82.7. The second-order valence-electron chi connectivity index (χ2n) is 27.2. The highest BCUT2D eigenvalue weighted by Crippen LogP contribution is 2.23. The van der Waals surface area contributed by atoms with Crippen LogP contribution in [0.1, 0.15) is 102 Å². The Labute approximate surface area is 616 Å². The number of nitrogens with one attached hydrogen (secondary N) is 14. The number of carboxylic acids is 1. The normalized spacial score (nSPS) is 14.5. The van der Waals surface area contributed by atoms with E-state index in [2.05, 4.69) is 68.1 Å². The summed E-state index contributed by atoms with van der Waals surface area (Å²) in [6.45, 7) is 7.36. The number of hydrogen-bond donors (Lipinski definition) is 20. The predicted octanol–water partition coefficient (Wildman–Crippen LogP) is -0.335. The second-order valence-corrected chi connectivity index (χ2v) is 27.2. The number of carboxylic acid groups (broad SMARTS) is 1. The van der Waals surface area contributed by atoms with Crippen molar-refractivity contribution in [2.75, 3.05) is 13.2 Å². The lowest BCUT2D eigenvalue weighted by molar-refractivity contribution is -0.141. The number of primary amides is 2. The van der Waals surface area contributed by atoms with Crippen molar-refractivity contribution in [2.24, 2.45) is 29.0 Å². The zero-order valence-corrected chi connectivity index (χ0v) is 60.1. The third-order valence-electron chi connectivity index (χ3n) is 17.9. The zero-order chi connectivity index (χ0) is 78.0. The Bertz CT molecular complexity index is 4270. The molecule has 23 N–H and O–H groups in total. The van der Waals surface area contributed by atoms with Gasteiger partial charge in [-0.05, 0) is 97.9 Å². The van der Waals surface area contributed by atoms with Crippen molar-refractivity contribution in [2.45, 2.75) is 172 Å². The van der Waals surface area contributed by atoms with E-state index in [1.807, 2.05) is 5.48 Å². The molecule has 33 nitrogen and oxygen atoms in total. The smallest absolute Gasteiger partial charge is 0.305 e. The Morgan fingerprint density at radius 3 is 1.18 bits per heavy atom. The molecular formula is C74H97N17O16. The highest BCUT2D eigenvalue weighted by Gasteiger charge is 2.38. The number of para-hydroxylation sites is 3. The molecule has 0 aliphatic heterocycles. The number of hydrogen-bond acceptors (Lipinski definition) is 17. The third-order valence-corrected chi connectivity index (χ3v) is 17.9. The highest BCUT2D eigenvalue weighted by molar-refractivity contribution is 6.01. The first-order valence-electron chi connectivity index (χ1n) is 35.3. The first-order valence-corrected chi connectivity index (χ1v) is 35.3. The van der Waals surface area contributed by atoms with E-state index in [4.69, 9.17) is 17.2 Å². The minimum absolute atomic E-state index is 0.00575. The van der Waals surface area contributed by atoms with Crippen LogP contribution in [0, 0.1) is 11.8 Å². The van der Waals surface area contributed by atoms with E-state index in [0.29, 0.717) is 61.4 Å². The van der Waals surface area contributed by atoms with Crippen molar-refractivity contribution in [3.05, 3.63) is 144 Å². The minimum Gasteiger partial charge on any atom is -0.481 e. The number of carbonyl (C=O) groups excluding carboxylic acids is 12. The number of aromatic nitrogens is 3. The van der Waals surface area contributed by atoms with Crippen LogP contribution in [0.4, 0.5) is 0 Å². The SMILES string of the molecule is CC(C)C[C@H](NO)C(=O)N[C@@H](CC(=O)O)C(=O)N[C@@H](CCCCN)C(=O)N[C@@H](Cc1c[nH]c2ccccc12)C(=O)N[C@@H](C)C(=O)N[C@@H](CO)C(=O)N[C@@H](CC(C)C)C(=O)N[C@@H](Cc1c[nH]c2ccccc12)C(=O)N[C@@H](CC(N)=O)C(=O)N[C@@H](Cc1c[nH]c2ccccc12)C(=O)N[C@@H](Cc1ccccc1)C(N)=O. The monoisotopic (exact) mass is 1480 g/mol. The highest BCUT2D eigenvalue weighted by atomic mass is 16.5. The standard InChI is InChI=1S/C74H97N17O16/c1-39(2)27-54(84-74(106)61(38-92)90-65(97)41(5)81-67(99)55(30-43-35-78-49-22-12-9-19-46(43)49)85-66(98)52(25-15-16-26-75)82-72(104)59(34-63(94)95)89-73(105)60(91-107)28-40(3)4)68(100)86-57(32-45-37-80-51-24-14-11-21-48(45)51)70(102)88-58(33-62(76)93)71(103)87-56(31-44-36-79-50-23-13-10-20-47(44)50)69(101)83-53(64(77)96)29-42-17-7-6-8-18-42/h6-14,17-24,35-37,39-41,52-61,78-80,91-92,107H,15-16,25-34,38,75H2,1-5H3,(H2,76,93)(H2,77,96)(H,81,99)(H,82,104)(H,83,101)(H,84,106)(H,85,98)(H,86,100)(H,87,103)(H,88,102)(H,89,105)(H,90,97)(H,94,95)/t41-,52-,53-,54-,55-,56-,57-,58-,59-,60-,61-/m0/s1. The lowest BCUT2D eigenvalue weighted by Gasteiger charge is -2.28. The summed E-state index contributed by atoms with van der Waals surface area (Å²) in [5, 5.41) is 57.7. The Morgan fingerprint density at radius 1 is 0.393 bits per heavy atom. The molecule has 0 aliphatic carbocycles. The molecule has 33 heteroatoms. The average Bonchev–Trinajstić information content (AvgIpc) is 1.76. The number of carbonyl (C=O) groups is 13. The molecule has 107 heavy (non-hydrogen) atoms. The van der Waals surface area contributed by atoms with Crippen molar-refractivity contribution in [1.82, 2.24) is 73.6 Å². The fourth-order valence-electron chi connectivity index (χ4n) is 12.3. The molecule has 7 rings (SSSR count). The summed E-state index contributed by atoms with van der Waals surface area (Å²) < 4.78 is 0. The topological polar surface area (TPSA) is 540 Å². The van der Waals surface area contributed by atoms with Crippen LogP contribution in [0.2, 0.25) is 0 Å². The van der Waals surface area contributed by atoms with E-state index in [-0.39, 0.29) is 69.7 Å². The van der Waals surface area contributed by atoms with Gasteiger partial charge in [0.2, 0.25) is 70.9 Å². The predicted molar refractivity (Wildman–Crippen MR) is 394 cm³/mol. The third kappa shape index (κ3) is 24.5. The van der Waals surface area contributed by atoms with E-state index in [1.165, 1.54) is 6.92 Å². The summed E-state index contributed by atoms with van der Waals surface area (Å²) in [7, 11) is 0. The number of fused-ring (bicyclic) bond motifs is 3. The lowest BCUT2D eigenvalue weighted by Crippen LogP contribution is -2.61. The number of aliphatic hydroxyl groups is 1. The molecule has 7 aromatic rings. The summed E-state index contributed by atoms with van der Waals surface area (Å²) in [6, 6.07) is 13.0. The molecule has 574 valence electrons. The molecule has 0 fully saturated rings. The van der Waals surface area contributed by atoms with Gasteiger partial charge in [0.05, 0.1) is 19.4 Å². The number of H-pyrrole nitrogens is 3. The van der Waals surface area contributed by atoms with E-state index in [9.17, 15) is 77.7 Å². The number of aliphatic hydroxyl groups excluding tert-OH is 1. The number of rotatable bonds is 43. The van der Waals surface area contributed by atoms with Crippen LogP contribution in [0.25, 0.3) is 32.7 Å². The maximum Gasteiger partial charge on any atom is 0.305 e. The van der Waals surface area contributed by atoms with Gasteiger partial charge in [-0.15, -0.1) is 0 Å². The Hall–Kier alpha value is -11.6. The summed E-state index contributed by atoms with van der Waals surface area (Å²) >= 11 is 0. The van der Waals surface area contributed by atoms with Gasteiger partial charge in [-0.3, -0.25) is 62.3 Å². The number of amides is 12. The molecule has 0 spiro atoms.